The van der Waals surface area contributed by atoms with E-state index in [-0.39, 0.29) is 0 Å². The second-order valence-corrected chi connectivity index (χ2v) is 8.46. The van der Waals surface area contributed by atoms with Crippen molar-refractivity contribution in [2.45, 2.75) is 20.1 Å². The molecule has 9 heteroatoms. The van der Waals surface area contributed by atoms with Crippen LogP contribution in [0, 0.1) is 18.3 Å². The van der Waals surface area contributed by atoms with Gasteiger partial charge in [0.25, 0.3) is 0 Å². The normalized spacial score (nSPS) is 10.9. The molecule has 0 aliphatic rings. The fraction of sp³-hybridized carbons (Fsp3) is 0.174. The van der Waals surface area contributed by atoms with Crippen LogP contribution in [0.1, 0.15) is 27.9 Å². The maximum atomic E-state index is 9.49. The quantitative estimate of drug-likeness (QED) is 0.264. The van der Waals surface area contributed by atoms with Crippen molar-refractivity contribution < 1.29 is 9.47 Å². The summed E-state index contributed by atoms with van der Waals surface area (Å²) in [6, 6.07) is 14.9. The Morgan fingerprint density at radius 3 is 2.66 bits per heavy atom. The van der Waals surface area contributed by atoms with Crippen molar-refractivity contribution in [1.29, 1.82) is 5.26 Å². The molecule has 0 spiro atoms. The van der Waals surface area contributed by atoms with Gasteiger partial charge in [-0.15, -0.1) is 0 Å². The second-order valence-electron chi connectivity index (χ2n) is 6.79. The summed E-state index contributed by atoms with van der Waals surface area (Å²) in [5, 5.41) is 14.7. The summed E-state index contributed by atoms with van der Waals surface area (Å²) >= 11 is 15.5. The molecule has 0 saturated carbocycles. The van der Waals surface area contributed by atoms with E-state index < -0.39 is 0 Å². The minimum atomic E-state index is 0.321. The number of hydrogen-bond acceptors (Lipinski definition) is 6. The van der Waals surface area contributed by atoms with E-state index in [2.05, 4.69) is 37.5 Å². The Morgan fingerprint density at radius 1 is 1.16 bits per heavy atom. The zero-order valence-corrected chi connectivity index (χ0v) is 20.4. The van der Waals surface area contributed by atoms with E-state index >= 15 is 0 Å². The first-order valence-electron chi connectivity index (χ1n) is 9.46. The maximum Gasteiger partial charge on any atom is 0.164 e. The molecule has 32 heavy (non-hydrogen) atoms. The third-order valence-electron chi connectivity index (χ3n) is 4.36. The predicted octanol–water partition coefficient (Wildman–Crippen LogP) is 6.50. The molecule has 0 aliphatic heterocycles. The highest BCUT2D eigenvalue weighted by Gasteiger charge is 2.11. The number of halogens is 3. The molecule has 1 heterocycles. The van der Waals surface area contributed by atoms with E-state index in [0.717, 1.165) is 26.9 Å². The van der Waals surface area contributed by atoms with Gasteiger partial charge in [0.15, 0.2) is 5.82 Å². The fourth-order valence-corrected chi connectivity index (χ4v) is 3.72. The lowest BCUT2D eigenvalue weighted by molar-refractivity contribution is 0.184. The van der Waals surface area contributed by atoms with Gasteiger partial charge in [-0.2, -0.15) is 10.4 Å². The van der Waals surface area contributed by atoms with Gasteiger partial charge in [0.1, 0.15) is 24.0 Å². The first kappa shape index (κ1) is 24.0. The number of hydrogen-bond donors (Lipinski definition) is 1. The monoisotopic (exact) mass is 532 g/mol. The van der Waals surface area contributed by atoms with Gasteiger partial charge in [-0.3, -0.25) is 5.43 Å². The van der Waals surface area contributed by atoms with Crippen LogP contribution < -0.4 is 10.2 Å². The molecular formula is C23H19BrCl2N4O2. The van der Waals surface area contributed by atoms with Crippen LogP contribution in [-0.2, 0) is 18.0 Å². The van der Waals surface area contributed by atoms with E-state index in [1.165, 1.54) is 0 Å². The van der Waals surface area contributed by atoms with Crippen LogP contribution in [0.5, 0.6) is 5.75 Å². The summed E-state index contributed by atoms with van der Waals surface area (Å²) in [4.78, 5) is 4.36. The summed E-state index contributed by atoms with van der Waals surface area (Å²) in [5.74, 6) is 1.06. The van der Waals surface area contributed by atoms with Crippen LogP contribution in [0.3, 0.4) is 0 Å². The maximum absolute atomic E-state index is 9.49. The Morgan fingerprint density at radius 2 is 1.97 bits per heavy atom. The molecule has 0 saturated heterocycles. The molecule has 0 unspecified atom stereocenters. The van der Waals surface area contributed by atoms with Crippen molar-refractivity contribution in [3.05, 3.63) is 84.9 Å². The van der Waals surface area contributed by atoms with Crippen molar-refractivity contribution in [1.82, 2.24) is 4.98 Å². The Labute approximate surface area is 204 Å². The van der Waals surface area contributed by atoms with Crippen molar-refractivity contribution >= 4 is 51.2 Å². The number of nitrogens with one attached hydrogen (secondary N) is 1. The number of pyridine rings is 1. The van der Waals surface area contributed by atoms with Gasteiger partial charge in [-0.1, -0.05) is 29.3 Å². The fourth-order valence-electron chi connectivity index (χ4n) is 2.89. The molecule has 0 aliphatic carbocycles. The molecule has 2 aromatic carbocycles. The number of ether oxygens (including phenoxy) is 2. The number of nitrogens with zero attached hydrogens (tertiary/aromatic N) is 3. The molecule has 0 radical (unpaired) electrons. The average molecular weight is 534 g/mol. The van der Waals surface area contributed by atoms with Crippen LogP contribution in [-0.4, -0.2) is 18.3 Å². The Bertz CT molecular complexity index is 1200. The zero-order chi connectivity index (χ0) is 23.1. The Balaban J connectivity index is 1.68. The molecule has 1 aromatic heterocycles. The minimum Gasteiger partial charge on any atom is -0.488 e. The van der Waals surface area contributed by atoms with Crippen LogP contribution >= 0.6 is 39.1 Å². The van der Waals surface area contributed by atoms with Crippen molar-refractivity contribution in [2.24, 2.45) is 5.10 Å². The molecule has 0 amide bonds. The molecule has 164 valence electrons. The summed E-state index contributed by atoms with van der Waals surface area (Å²) in [6.07, 6.45) is 1.63. The lowest BCUT2D eigenvalue weighted by Crippen LogP contribution is -2.03. The van der Waals surface area contributed by atoms with Gasteiger partial charge in [-0.25, -0.2) is 4.98 Å². The molecule has 0 bridgehead atoms. The van der Waals surface area contributed by atoms with E-state index in [0.29, 0.717) is 40.4 Å². The number of nitriles is 1. The zero-order valence-electron chi connectivity index (χ0n) is 17.3. The van der Waals surface area contributed by atoms with Crippen LogP contribution in [0.15, 0.2) is 52.0 Å². The van der Waals surface area contributed by atoms with Gasteiger partial charge in [0.05, 0.1) is 27.3 Å². The second kappa shape index (κ2) is 11.3. The lowest BCUT2D eigenvalue weighted by Gasteiger charge is -2.10. The van der Waals surface area contributed by atoms with Crippen LogP contribution in [0.25, 0.3) is 0 Å². The van der Waals surface area contributed by atoms with Gasteiger partial charge < -0.3 is 9.47 Å². The van der Waals surface area contributed by atoms with E-state index in [1.54, 1.807) is 25.5 Å². The highest BCUT2D eigenvalue weighted by molar-refractivity contribution is 9.10. The smallest absolute Gasteiger partial charge is 0.164 e. The Kier molecular flexibility index (Phi) is 8.48. The van der Waals surface area contributed by atoms with E-state index in [4.69, 9.17) is 32.7 Å². The molecule has 3 rings (SSSR count). The Hall–Kier alpha value is -2.63. The largest absolute Gasteiger partial charge is 0.488 e. The van der Waals surface area contributed by atoms with Gasteiger partial charge in [-0.05, 0) is 70.4 Å². The molecule has 0 atom stereocenters. The van der Waals surface area contributed by atoms with Crippen molar-refractivity contribution in [3.8, 4) is 11.8 Å². The van der Waals surface area contributed by atoms with Crippen LogP contribution in [0.2, 0.25) is 10.0 Å². The van der Waals surface area contributed by atoms with Gasteiger partial charge in [0, 0.05) is 18.4 Å². The molecule has 3 aromatic rings. The highest BCUT2D eigenvalue weighted by atomic mass is 79.9. The SMILES string of the molecule is COCc1cc(C)nc(NN=Cc2ccc(OCc3ccc(Cl)c(Cl)c3)c(Br)c2)c1C#N. The van der Waals surface area contributed by atoms with E-state index in [1.807, 2.05) is 37.3 Å². The summed E-state index contributed by atoms with van der Waals surface area (Å²) in [7, 11) is 1.58. The number of methoxy groups -OCH3 is 1. The molecule has 1 N–H and O–H groups in total. The minimum absolute atomic E-state index is 0.321. The number of aromatic nitrogens is 1. The number of benzene rings is 2. The third-order valence-corrected chi connectivity index (χ3v) is 5.72. The predicted molar refractivity (Wildman–Crippen MR) is 131 cm³/mol. The topological polar surface area (TPSA) is 79.5 Å². The average Bonchev–Trinajstić information content (AvgIpc) is 2.75. The molecule has 0 fully saturated rings. The van der Waals surface area contributed by atoms with Crippen LogP contribution in [0.4, 0.5) is 5.82 Å². The molecular weight excluding hydrogens is 515 g/mol. The van der Waals surface area contributed by atoms with Gasteiger partial charge >= 0.3 is 0 Å². The van der Waals surface area contributed by atoms with Gasteiger partial charge in [0.2, 0.25) is 0 Å². The standard InChI is InChI=1S/C23H19BrCl2N4O2/c1-14-7-17(13-31-2)18(10-27)23(29-14)30-28-11-15-4-6-22(19(24)8-15)32-12-16-3-5-20(25)21(26)9-16/h3-9,11H,12-13H2,1-2H3,(H,29,30). The van der Waals surface area contributed by atoms with Crippen molar-refractivity contribution in [3.63, 3.8) is 0 Å². The summed E-state index contributed by atoms with van der Waals surface area (Å²) in [6.45, 7) is 2.52. The number of aryl methyl sites for hydroxylation is 1. The number of rotatable bonds is 8. The summed E-state index contributed by atoms with van der Waals surface area (Å²) in [5.41, 5.74) is 6.52. The first-order chi connectivity index (χ1) is 15.4. The number of hydrazone groups is 1. The first-order valence-corrected chi connectivity index (χ1v) is 11.0. The van der Waals surface area contributed by atoms with E-state index in [9.17, 15) is 5.26 Å². The number of anilines is 1. The lowest BCUT2D eigenvalue weighted by atomic mass is 10.1. The van der Waals surface area contributed by atoms with Crippen molar-refractivity contribution in [2.75, 3.05) is 12.5 Å². The molecule has 6 nitrogen and oxygen atoms in total. The summed E-state index contributed by atoms with van der Waals surface area (Å²) < 4.78 is 11.8. The highest BCUT2D eigenvalue weighted by Crippen LogP contribution is 2.28. The third kappa shape index (κ3) is 6.21.